The molecule has 0 atom stereocenters. The van der Waals surface area contributed by atoms with Crippen molar-refractivity contribution >= 4 is 0 Å². The van der Waals surface area contributed by atoms with Gasteiger partial charge in [0.05, 0.1) is 0 Å². The predicted octanol–water partition coefficient (Wildman–Crippen LogP) is -2.71. The summed E-state index contributed by atoms with van der Waals surface area (Å²) in [5.74, 6) is 16.1. The first-order valence-electron chi connectivity index (χ1n) is 3.32. The van der Waals surface area contributed by atoms with Gasteiger partial charge in [-0.2, -0.15) is 0 Å². The second-order valence-corrected chi connectivity index (χ2v) is 2.56. The fraction of sp³-hybridized carbons (Fsp3) is 1.00. The summed E-state index contributed by atoms with van der Waals surface area (Å²) in [4.78, 5) is -0.556. The number of nitrogens with one attached hydrogen (secondary N) is 2. The maximum Gasteiger partial charge on any atom is 0.254 e. The summed E-state index contributed by atoms with van der Waals surface area (Å²) < 4.78 is 0. The molecule has 10 heavy (non-hydrogen) atoms. The van der Waals surface area contributed by atoms with Crippen LogP contribution in [0.3, 0.4) is 0 Å². The van der Waals surface area contributed by atoms with Gasteiger partial charge in [-0.25, -0.2) is 10.6 Å². The van der Waals surface area contributed by atoms with E-state index in [2.05, 4.69) is 10.6 Å². The van der Waals surface area contributed by atoms with Crippen molar-refractivity contribution in [3.8, 4) is 0 Å². The van der Waals surface area contributed by atoms with E-state index in [1.165, 1.54) is 0 Å². The Morgan fingerprint density at radius 1 is 1.10 bits per heavy atom. The second-order valence-electron chi connectivity index (χ2n) is 2.56. The molecule has 8 N–H and O–H groups in total. The summed E-state index contributed by atoms with van der Waals surface area (Å²) in [6.45, 7) is 1.81. The van der Waals surface area contributed by atoms with Crippen LogP contribution in [0.25, 0.3) is 0 Å². The minimum absolute atomic E-state index is 0.228. The molecule has 0 aromatic rings. The summed E-state index contributed by atoms with van der Waals surface area (Å²) in [6.07, 6.45) is 0.852. The Bertz CT molecular complexity index is 101. The first kappa shape index (κ1) is 7.86. The van der Waals surface area contributed by atoms with Crippen LogP contribution in [-0.2, 0) is 0 Å². The number of nitrogens with two attached hydrogens (primary N) is 3. The van der Waals surface area contributed by atoms with E-state index in [0.29, 0.717) is 0 Å². The smallest absolute Gasteiger partial charge is 0.249 e. The van der Waals surface area contributed by atoms with Crippen LogP contribution in [0.4, 0.5) is 0 Å². The van der Waals surface area contributed by atoms with E-state index in [0.717, 1.165) is 19.5 Å². The van der Waals surface area contributed by atoms with E-state index in [1.54, 1.807) is 0 Å². The lowest BCUT2D eigenvalue weighted by Gasteiger charge is -2.32. The van der Waals surface area contributed by atoms with Crippen LogP contribution in [-0.4, -0.2) is 24.2 Å². The van der Waals surface area contributed by atoms with Crippen LogP contribution < -0.4 is 28.2 Å². The first-order valence-corrected chi connectivity index (χ1v) is 3.32. The molecule has 6 nitrogen and oxygen atoms in total. The highest BCUT2D eigenvalue weighted by Gasteiger charge is 2.28. The van der Waals surface area contributed by atoms with Gasteiger partial charge in [0, 0.05) is 13.1 Å². The number of rotatable bonds is 1. The van der Waals surface area contributed by atoms with Crippen LogP contribution in [0.1, 0.15) is 6.42 Å². The van der Waals surface area contributed by atoms with E-state index >= 15 is 0 Å². The molecule has 0 aromatic heterocycles. The monoisotopic (exact) mass is 147 g/mol. The van der Waals surface area contributed by atoms with Gasteiger partial charge in [0.15, 0.2) is 0 Å². The maximum atomic E-state index is 5.38. The Morgan fingerprint density at radius 2 is 1.60 bits per heavy atom. The van der Waals surface area contributed by atoms with Crippen LogP contribution in [0.15, 0.2) is 0 Å². The van der Waals surface area contributed by atoms with E-state index in [4.69, 9.17) is 17.5 Å². The third-order valence-corrected chi connectivity index (χ3v) is 1.48. The number of quaternary nitrogens is 1. The zero-order valence-corrected chi connectivity index (χ0v) is 5.88. The lowest BCUT2D eigenvalue weighted by Crippen LogP contribution is -2.79. The van der Waals surface area contributed by atoms with Crippen LogP contribution in [0.2, 0.25) is 0 Å². The highest BCUT2D eigenvalue weighted by molar-refractivity contribution is 4.60. The third-order valence-electron chi connectivity index (χ3n) is 1.48. The molecule has 1 aliphatic rings. The zero-order chi connectivity index (χ0) is 7.61. The molecule has 0 aromatic carbocycles. The highest BCUT2D eigenvalue weighted by atomic mass is 15.9. The molecule has 0 bridgehead atoms. The van der Waals surface area contributed by atoms with Crippen molar-refractivity contribution in [1.82, 2.24) is 10.6 Å². The predicted molar refractivity (Wildman–Crippen MR) is 37.2 cm³/mol. The first-order chi connectivity index (χ1) is 4.61. The Hall–Kier alpha value is -0.240. The molecule has 1 fully saturated rings. The molecule has 0 aliphatic carbocycles. The maximum absolute atomic E-state index is 5.38. The van der Waals surface area contributed by atoms with Crippen molar-refractivity contribution in [3.05, 3.63) is 0 Å². The fourth-order valence-electron chi connectivity index (χ4n) is 0.954. The molecule has 1 rings (SSSR count). The van der Waals surface area contributed by atoms with Crippen molar-refractivity contribution < 1.29 is 4.81 Å². The van der Waals surface area contributed by atoms with E-state index in [1.807, 2.05) is 0 Å². The molecule has 1 heterocycles. The minimum Gasteiger partial charge on any atom is -0.249 e. The number of hydrogen-bond donors (Lipinski definition) is 5. The molecule has 0 saturated carbocycles. The third kappa shape index (κ3) is 1.87. The number of hydrogen-bond acceptors (Lipinski definition) is 5. The Labute approximate surface area is 59.8 Å². The van der Waals surface area contributed by atoms with Gasteiger partial charge in [-0.1, -0.05) is 4.81 Å². The SMILES string of the molecule is N[N+](N)(N)C1NCCCN1. The van der Waals surface area contributed by atoms with Gasteiger partial charge in [0.25, 0.3) is 6.29 Å². The fourth-order valence-corrected chi connectivity index (χ4v) is 0.954. The van der Waals surface area contributed by atoms with Crippen molar-refractivity contribution in [2.75, 3.05) is 13.1 Å². The average molecular weight is 147 g/mol. The number of nitrogens with zero attached hydrogens (tertiary/aromatic N) is 1. The van der Waals surface area contributed by atoms with Crippen molar-refractivity contribution in [2.45, 2.75) is 12.7 Å². The average Bonchev–Trinajstić information content (AvgIpc) is 1.88. The molecule has 1 aliphatic heterocycles. The quantitative estimate of drug-likeness (QED) is 0.158. The molecule has 1 saturated heterocycles. The van der Waals surface area contributed by atoms with Gasteiger partial charge < -0.3 is 0 Å². The summed E-state index contributed by atoms with van der Waals surface area (Å²) >= 11 is 0. The molecule has 0 spiro atoms. The van der Waals surface area contributed by atoms with Gasteiger partial charge in [-0.3, -0.25) is 0 Å². The Kier molecular flexibility index (Phi) is 2.19. The Morgan fingerprint density at radius 3 is 1.90 bits per heavy atom. The molecular formula is C4H15N6+. The second kappa shape index (κ2) is 2.79. The van der Waals surface area contributed by atoms with Gasteiger partial charge in [-0.05, 0) is 6.42 Å². The van der Waals surface area contributed by atoms with Crippen LogP contribution >= 0.6 is 0 Å². The van der Waals surface area contributed by atoms with Crippen molar-refractivity contribution in [3.63, 3.8) is 0 Å². The zero-order valence-electron chi connectivity index (χ0n) is 5.88. The molecular weight excluding hydrogens is 132 g/mol. The lowest BCUT2D eigenvalue weighted by molar-refractivity contribution is -0.991. The molecule has 6 heteroatoms. The summed E-state index contributed by atoms with van der Waals surface area (Å²) in [6, 6.07) is 0. The summed E-state index contributed by atoms with van der Waals surface area (Å²) in [5.41, 5.74) is 0. The lowest BCUT2D eigenvalue weighted by atomic mass is 10.3. The van der Waals surface area contributed by atoms with E-state index < -0.39 is 4.81 Å². The van der Waals surface area contributed by atoms with Crippen molar-refractivity contribution in [2.24, 2.45) is 17.5 Å². The standard InChI is InChI=1S/C4H15N6/c5-10(6,7)4-8-2-1-3-9-4/h4,8-9H,1-3,5-7H2/q+1. The van der Waals surface area contributed by atoms with Gasteiger partial charge >= 0.3 is 0 Å². The van der Waals surface area contributed by atoms with Gasteiger partial charge in [0.1, 0.15) is 0 Å². The summed E-state index contributed by atoms with van der Waals surface area (Å²) in [5, 5.41) is 6.09. The summed E-state index contributed by atoms with van der Waals surface area (Å²) in [7, 11) is 0. The highest BCUT2D eigenvalue weighted by Crippen LogP contribution is 1.90. The molecule has 0 amide bonds. The van der Waals surface area contributed by atoms with E-state index in [9.17, 15) is 0 Å². The van der Waals surface area contributed by atoms with Crippen molar-refractivity contribution in [1.29, 1.82) is 0 Å². The topological polar surface area (TPSA) is 102 Å². The molecule has 60 valence electrons. The van der Waals surface area contributed by atoms with E-state index in [-0.39, 0.29) is 6.29 Å². The van der Waals surface area contributed by atoms with Crippen LogP contribution in [0.5, 0.6) is 0 Å². The molecule has 0 unspecified atom stereocenters. The minimum atomic E-state index is -0.556. The largest absolute Gasteiger partial charge is 0.254 e. The Balaban J connectivity index is 2.39. The normalized spacial score (nSPS) is 23.1. The molecule has 0 radical (unpaired) electrons. The van der Waals surface area contributed by atoms with Gasteiger partial charge in [0.2, 0.25) is 0 Å². The van der Waals surface area contributed by atoms with Gasteiger partial charge in [-0.15, -0.1) is 17.5 Å². The van der Waals surface area contributed by atoms with Crippen LogP contribution in [0, 0.1) is 0 Å².